The Morgan fingerprint density at radius 2 is 1.94 bits per heavy atom. The van der Waals surface area contributed by atoms with Crippen LogP contribution in [0.5, 0.6) is 0 Å². The summed E-state index contributed by atoms with van der Waals surface area (Å²) < 4.78 is 1.97. The lowest BCUT2D eigenvalue weighted by Gasteiger charge is -2.22. The predicted molar refractivity (Wildman–Crippen MR) is 70.2 cm³/mol. The fourth-order valence-corrected chi connectivity index (χ4v) is 2.94. The Balaban J connectivity index is 2.16. The lowest BCUT2D eigenvalue weighted by atomic mass is 9.96. The lowest BCUT2D eigenvalue weighted by molar-refractivity contribution is 0.315. The minimum atomic E-state index is 0.432. The van der Waals surface area contributed by atoms with Gasteiger partial charge in [-0.3, -0.25) is 4.68 Å². The number of aromatic nitrogens is 2. The molecule has 0 radical (unpaired) electrons. The van der Waals surface area contributed by atoms with Gasteiger partial charge in [0.2, 0.25) is 0 Å². The Kier molecular flexibility index (Phi) is 3.84. The number of nitrogens with zero attached hydrogens (tertiary/aromatic N) is 3. The van der Waals surface area contributed by atoms with Gasteiger partial charge in [-0.2, -0.15) is 5.10 Å². The van der Waals surface area contributed by atoms with Crippen molar-refractivity contribution in [1.29, 1.82) is 0 Å². The molecule has 0 spiro atoms. The first-order valence-electron chi connectivity index (χ1n) is 6.56. The van der Waals surface area contributed by atoms with Gasteiger partial charge in [-0.25, -0.2) is 0 Å². The molecule has 2 heterocycles. The van der Waals surface area contributed by atoms with Gasteiger partial charge in [0.15, 0.2) is 0 Å². The molecule has 1 aliphatic rings. The van der Waals surface area contributed by atoms with Crippen molar-refractivity contribution in [3.8, 4) is 0 Å². The predicted octanol–water partition coefficient (Wildman–Crippen LogP) is 1.18. The van der Waals surface area contributed by atoms with Gasteiger partial charge in [-0.1, -0.05) is 0 Å². The van der Waals surface area contributed by atoms with Crippen LogP contribution >= 0.6 is 0 Å². The number of hydrogen-bond donors (Lipinski definition) is 1. The molecule has 96 valence electrons. The summed E-state index contributed by atoms with van der Waals surface area (Å²) in [7, 11) is 2.01. The maximum Gasteiger partial charge on any atom is 0.0632 e. The van der Waals surface area contributed by atoms with E-state index in [1.165, 1.54) is 37.2 Å². The van der Waals surface area contributed by atoms with E-state index < -0.39 is 0 Å². The van der Waals surface area contributed by atoms with Crippen LogP contribution in [0.25, 0.3) is 0 Å². The summed E-state index contributed by atoms with van der Waals surface area (Å²) in [4.78, 5) is 2.53. The highest BCUT2D eigenvalue weighted by atomic mass is 15.3. The van der Waals surface area contributed by atoms with Crippen LogP contribution in [-0.4, -0.2) is 40.9 Å². The van der Waals surface area contributed by atoms with Crippen molar-refractivity contribution in [3.05, 3.63) is 17.0 Å². The quantitative estimate of drug-likeness (QED) is 0.854. The molecule has 1 saturated heterocycles. The molecule has 17 heavy (non-hydrogen) atoms. The van der Waals surface area contributed by atoms with E-state index in [0.717, 1.165) is 12.2 Å². The van der Waals surface area contributed by atoms with E-state index in [1.54, 1.807) is 0 Å². The molecule has 1 atom stereocenters. The molecule has 0 bridgehead atoms. The van der Waals surface area contributed by atoms with Crippen LogP contribution < -0.4 is 5.73 Å². The van der Waals surface area contributed by atoms with Crippen LogP contribution in [0.2, 0.25) is 0 Å². The summed E-state index contributed by atoms with van der Waals surface area (Å²) in [5.41, 5.74) is 9.73. The van der Waals surface area contributed by atoms with E-state index in [1.807, 2.05) is 11.7 Å². The smallest absolute Gasteiger partial charge is 0.0632 e. The Hall–Kier alpha value is -0.870. The molecule has 1 fully saturated rings. The van der Waals surface area contributed by atoms with Gasteiger partial charge in [-0.15, -0.1) is 0 Å². The normalized spacial score (nSPS) is 18.8. The molecule has 0 aliphatic carbocycles. The van der Waals surface area contributed by atoms with Gasteiger partial charge in [-0.05, 0) is 39.8 Å². The van der Waals surface area contributed by atoms with Crippen molar-refractivity contribution >= 4 is 0 Å². The summed E-state index contributed by atoms with van der Waals surface area (Å²) in [6, 6.07) is 0. The van der Waals surface area contributed by atoms with E-state index in [0.29, 0.717) is 12.5 Å². The van der Waals surface area contributed by atoms with E-state index in [-0.39, 0.29) is 0 Å². The number of nitrogens with two attached hydrogens (primary N) is 1. The topological polar surface area (TPSA) is 47.1 Å². The van der Waals surface area contributed by atoms with Gasteiger partial charge >= 0.3 is 0 Å². The van der Waals surface area contributed by atoms with Gasteiger partial charge < -0.3 is 10.6 Å². The van der Waals surface area contributed by atoms with Gasteiger partial charge in [0, 0.05) is 37.3 Å². The zero-order valence-electron chi connectivity index (χ0n) is 11.2. The molecular weight excluding hydrogens is 212 g/mol. The molecule has 4 heteroatoms. The van der Waals surface area contributed by atoms with E-state index in [4.69, 9.17) is 5.73 Å². The van der Waals surface area contributed by atoms with Crippen LogP contribution in [0.15, 0.2) is 0 Å². The summed E-state index contributed by atoms with van der Waals surface area (Å²) in [5.74, 6) is 0.432. The molecule has 1 aliphatic heterocycles. The van der Waals surface area contributed by atoms with Crippen LogP contribution in [0.4, 0.5) is 0 Å². The third kappa shape index (κ3) is 2.53. The summed E-state index contributed by atoms with van der Waals surface area (Å²) in [6.07, 6.45) is 2.67. The zero-order valence-corrected chi connectivity index (χ0v) is 11.2. The fourth-order valence-electron chi connectivity index (χ4n) is 2.94. The van der Waals surface area contributed by atoms with Crippen LogP contribution in [0, 0.1) is 13.8 Å². The van der Waals surface area contributed by atoms with Crippen LogP contribution in [-0.2, 0) is 7.05 Å². The Morgan fingerprint density at radius 1 is 1.29 bits per heavy atom. The Labute approximate surface area is 104 Å². The summed E-state index contributed by atoms with van der Waals surface area (Å²) >= 11 is 0. The second-order valence-electron chi connectivity index (χ2n) is 5.15. The molecule has 1 aromatic heterocycles. The second kappa shape index (κ2) is 5.19. The van der Waals surface area contributed by atoms with Crippen molar-refractivity contribution < 1.29 is 0 Å². The van der Waals surface area contributed by atoms with E-state index >= 15 is 0 Å². The monoisotopic (exact) mass is 236 g/mol. The Bertz CT molecular complexity index is 377. The SMILES string of the molecule is Cc1nn(C)c(C)c1C(CN)CN1CCCC1. The van der Waals surface area contributed by atoms with Gasteiger partial charge in [0.05, 0.1) is 5.69 Å². The van der Waals surface area contributed by atoms with Crippen molar-refractivity contribution in [1.82, 2.24) is 14.7 Å². The van der Waals surface area contributed by atoms with E-state index in [2.05, 4.69) is 23.8 Å². The van der Waals surface area contributed by atoms with E-state index in [9.17, 15) is 0 Å². The number of hydrogen-bond acceptors (Lipinski definition) is 3. The third-order valence-electron chi connectivity index (χ3n) is 3.94. The second-order valence-corrected chi connectivity index (χ2v) is 5.15. The molecule has 1 unspecified atom stereocenters. The Morgan fingerprint density at radius 3 is 2.41 bits per heavy atom. The number of likely N-dealkylation sites (tertiary alicyclic amines) is 1. The standard InChI is InChI=1S/C13H24N4/c1-10-13(11(2)16(3)15-10)12(8-14)9-17-6-4-5-7-17/h12H,4-9,14H2,1-3H3. The maximum atomic E-state index is 5.97. The number of rotatable bonds is 4. The van der Waals surface area contributed by atoms with Gasteiger partial charge in [0.25, 0.3) is 0 Å². The molecule has 0 aromatic carbocycles. The number of aryl methyl sites for hydroxylation is 2. The summed E-state index contributed by atoms with van der Waals surface area (Å²) in [6.45, 7) is 8.49. The highest BCUT2D eigenvalue weighted by Gasteiger charge is 2.22. The molecule has 2 rings (SSSR count). The molecule has 0 amide bonds. The maximum absolute atomic E-state index is 5.97. The molecule has 1 aromatic rings. The van der Waals surface area contributed by atoms with Crippen molar-refractivity contribution in [2.45, 2.75) is 32.6 Å². The fraction of sp³-hybridized carbons (Fsp3) is 0.769. The minimum absolute atomic E-state index is 0.432. The first kappa shape index (κ1) is 12.6. The highest BCUT2D eigenvalue weighted by molar-refractivity contribution is 5.29. The third-order valence-corrected chi connectivity index (χ3v) is 3.94. The minimum Gasteiger partial charge on any atom is -0.330 e. The van der Waals surface area contributed by atoms with Crippen molar-refractivity contribution in [2.75, 3.05) is 26.2 Å². The van der Waals surface area contributed by atoms with Crippen LogP contribution in [0.1, 0.15) is 35.7 Å². The van der Waals surface area contributed by atoms with Crippen LogP contribution in [0.3, 0.4) is 0 Å². The molecule has 4 nitrogen and oxygen atoms in total. The van der Waals surface area contributed by atoms with Crippen molar-refractivity contribution in [2.24, 2.45) is 12.8 Å². The highest BCUT2D eigenvalue weighted by Crippen LogP contribution is 2.24. The van der Waals surface area contributed by atoms with Crippen molar-refractivity contribution in [3.63, 3.8) is 0 Å². The molecular formula is C13H24N4. The zero-order chi connectivity index (χ0) is 12.4. The largest absolute Gasteiger partial charge is 0.330 e. The molecule has 2 N–H and O–H groups in total. The first-order valence-corrected chi connectivity index (χ1v) is 6.56. The first-order chi connectivity index (χ1) is 8.13. The molecule has 0 saturated carbocycles. The summed E-state index contributed by atoms with van der Waals surface area (Å²) in [5, 5.41) is 4.50. The lowest BCUT2D eigenvalue weighted by Crippen LogP contribution is -2.30. The van der Waals surface area contributed by atoms with Gasteiger partial charge in [0.1, 0.15) is 0 Å². The average molecular weight is 236 g/mol. The average Bonchev–Trinajstić information content (AvgIpc) is 2.87.